The summed E-state index contributed by atoms with van der Waals surface area (Å²) < 4.78 is 1.85. The molecule has 4 heteroatoms. The molecule has 0 aromatic carbocycles. The second-order valence-corrected chi connectivity index (χ2v) is 2.70. The summed E-state index contributed by atoms with van der Waals surface area (Å²) in [6, 6.07) is 3.85. The van der Waals surface area contributed by atoms with E-state index in [2.05, 4.69) is 9.97 Å². The average Bonchev–Trinajstić information content (AvgIpc) is 2.71. The summed E-state index contributed by atoms with van der Waals surface area (Å²) in [5.74, 6) is 0.848. The van der Waals surface area contributed by atoms with Crippen LogP contribution in [0.1, 0.15) is 5.56 Å². The van der Waals surface area contributed by atoms with E-state index in [1.54, 1.807) is 18.7 Å². The molecule has 0 aliphatic rings. The minimum absolute atomic E-state index is 0.532. The van der Waals surface area contributed by atoms with Crippen molar-refractivity contribution in [1.82, 2.24) is 14.5 Å². The van der Waals surface area contributed by atoms with E-state index in [9.17, 15) is 0 Å². The predicted octanol–water partition coefficient (Wildman–Crippen LogP) is 0.726. The molecule has 0 spiro atoms. The van der Waals surface area contributed by atoms with Crippen molar-refractivity contribution >= 4 is 0 Å². The second kappa shape index (κ2) is 3.37. The van der Waals surface area contributed by atoms with Crippen LogP contribution in [0.25, 0.3) is 5.82 Å². The Labute approximate surface area is 76.1 Å². The molecule has 0 amide bonds. The molecule has 2 N–H and O–H groups in total. The van der Waals surface area contributed by atoms with Gasteiger partial charge in [0.25, 0.3) is 0 Å². The summed E-state index contributed by atoms with van der Waals surface area (Å²) in [6.07, 6.45) is 7.03. The zero-order valence-electron chi connectivity index (χ0n) is 7.09. The maximum absolute atomic E-state index is 5.52. The first kappa shape index (κ1) is 7.94. The Bertz CT molecular complexity index is 380. The fourth-order valence-corrected chi connectivity index (χ4v) is 1.12. The van der Waals surface area contributed by atoms with Crippen molar-refractivity contribution < 1.29 is 0 Å². The summed E-state index contributed by atoms with van der Waals surface area (Å²) in [7, 11) is 0. The number of pyridine rings is 1. The lowest BCUT2D eigenvalue weighted by molar-refractivity contribution is 0.969. The molecule has 0 fully saturated rings. The molecule has 66 valence electrons. The van der Waals surface area contributed by atoms with Crippen LogP contribution in [0.5, 0.6) is 0 Å². The maximum atomic E-state index is 5.52. The molecule has 2 aromatic heterocycles. The molecule has 2 rings (SSSR count). The highest BCUT2D eigenvalue weighted by molar-refractivity contribution is 5.27. The van der Waals surface area contributed by atoms with Crippen molar-refractivity contribution in [3.63, 3.8) is 0 Å². The topological polar surface area (TPSA) is 56.7 Å². The number of aromatic nitrogens is 3. The normalized spacial score (nSPS) is 10.2. The van der Waals surface area contributed by atoms with Crippen LogP contribution in [0.4, 0.5) is 0 Å². The van der Waals surface area contributed by atoms with Crippen molar-refractivity contribution in [3.8, 4) is 5.82 Å². The highest BCUT2D eigenvalue weighted by atomic mass is 15.1. The Kier molecular flexibility index (Phi) is 2.06. The summed E-state index contributed by atoms with van der Waals surface area (Å²) >= 11 is 0. The largest absolute Gasteiger partial charge is 0.326 e. The molecular weight excluding hydrogens is 164 g/mol. The molecule has 4 nitrogen and oxygen atoms in total. The minimum atomic E-state index is 0.532. The van der Waals surface area contributed by atoms with Gasteiger partial charge in [0.15, 0.2) is 0 Å². The van der Waals surface area contributed by atoms with Gasteiger partial charge in [-0.1, -0.05) is 0 Å². The molecule has 0 saturated heterocycles. The average molecular weight is 174 g/mol. The quantitative estimate of drug-likeness (QED) is 0.730. The Morgan fingerprint density at radius 1 is 1.38 bits per heavy atom. The molecule has 0 atom stereocenters. The Morgan fingerprint density at radius 2 is 2.31 bits per heavy atom. The third-order valence-electron chi connectivity index (χ3n) is 1.81. The summed E-state index contributed by atoms with van der Waals surface area (Å²) in [5, 5.41) is 0. The first-order chi connectivity index (χ1) is 6.40. The standard InChI is InChI=1S/C9H10N4/c10-6-8-1-2-12-9(5-8)13-4-3-11-7-13/h1-5,7H,6,10H2. The van der Waals surface area contributed by atoms with Gasteiger partial charge in [0.05, 0.1) is 0 Å². The number of imidazole rings is 1. The van der Waals surface area contributed by atoms with Gasteiger partial charge in [0.1, 0.15) is 12.1 Å². The lowest BCUT2D eigenvalue weighted by Crippen LogP contribution is -2.00. The van der Waals surface area contributed by atoms with E-state index >= 15 is 0 Å². The van der Waals surface area contributed by atoms with Crippen LogP contribution in [-0.2, 0) is 6.54 Å². The van der Waals surface area contributed by atoms with Gasteiger partial charge in [-0.05, 0) is 17.7 Å². The molecule has 2 aromatic rings. The first-order valence-corrected chi connectivity index (χ1v) is 4.03. The van der Waals surface area contributed by atoms with E-state index < -0.39 is 0 Å². The van der Waals surface area contributed by atoms with Gasteiger partial charge >= 0.3 is 0 Å². The van der Waals surface area contributed by atoms with E-state index in [-0.39, 0.29) is 0 Å². The molecule has 0 saturated carbocycles. The molecular formula is C9H10N4. The second-order valence-electron chi connectivity index (χ2n) is 2.70. The summed E-state index contributed by atoms with van der Waals surface area (Å²) in [5.41, 5.74) is 6.59. The van der Waals surface area contributed by atoms with Crippen LogP contribution in [0, 0.1) is 0 Å². The third kappa shape index (κ3) is 1.57. The van der Waals surface area contributed by atoms with Gasteiger partial charge in [-0.2, -0.15) is 0 Å². The third-order valence-corrected chi connectivity index (χ3v) is 1.81. The SMILES string of the molecule is NCc1ccnc(-n2ccnc2)c1. The van der Waals surface area contributed by atoms with Gasteiger partial charge in [-0.25, -0.2) is 9.97 Å². The van der Waals surface area contributed by atoms with E-state index in [0.29, 0.717) is 6.54 Å². The maximum Gasteiger partial charge on any atom is 0.138 e. The minimum Gasteiger partial charge on any atom is -0.326 e. The fourth-order valence-electron chi connectivity index (χ4n) is 1.12. The lowest BCUT2D eigenvalue weighted by Gasteiger charge is -2.02. The zero-order chi connectivity index (χ0) is 9.10. The summed E-state index contributed by atoms with van der Waals surface area (Å²) in [6.45, 7) is 0.532. The molecule has 0 unspecified atom stereocenters. The number of rotatable bonds is 2. The smallest absolute Gasteiger partial charge is 0.138 e. The van der Waals surface area contributed by atoms with Crippen molar-refractivity contribution in [2.45, 2.75) is 6.54 Å². The van der Waals surface area contributed by atoms with Crippen LogP contribution in [-0.4, -0.2) is 14.5 Å². The van der Waals surface area contributed by atoms with Crippen LogP contribution in [0.15, 0.2) is 37.1 Å². The summed E-state index contributed by atoms with van der Waals surface area (Å²) in [4.78, 5) is 8.14. The van der Waals surface area contributed by atoms with Crippen molar-refractivity contribution in [2.24, 2.45) is 5.73 Å². The van der Waals surface area contributed by atoms with Crippen LogP contribution in [0.2, 0.25) is 0 Å². The predicted molar refractivity (Wildman–Crippen MR) is 49.3 cm³/mol. The Morgan fingerprint density at radius 3 is 3.00 bits per heavy atom. The van der Waals surface area contributed by atoms with Gasteiger partial charge in [-0.3, -0.25) is 4.57 Å². The molecule has 0 aliphatic heterocycles. The van der Waals surface area contributed by atoms with Crippen molar-refractivity contribution in [1.29, 1.82) is 0 Å². The highest BCUT2D eigenvalue weighted by Crippen LogP contribution is 2.05. The van der Waals surface area contributed by atoms with E-state index in [4.69, 9.17) is 5.73 Å². The lowest BCUT2D eigenvalue weighted by atomic mass is 10.2. The number of nitrogens with two attached hydrogens (primary N) is 1. The Hall–Kier alpha value is -1.68. The van der Waals surface area contributed by atoms with Gasteiger partial charge < -0.3 is 5.73 Å². The number of hydrogen-bond acceptors (Lipinski definition) is 3. The number of nitrogens with zero attached hydrogens (tertiary/aromatic N) is 3. The molecule has 13 heavy (non-hydrogen) atoms. The fraction of sp³-hybridized carbons (Fsp3) is 0.111. The van der Waals surface area contributed by atoms with Crippen LogP contribution >= 0.6 is 0 Å². The molecule has 0 radical (unpaired) electrons. The molecule has 0 aliphatic carbocycles. The number of hydrogen-bond donors (Lipinski definition) is 1. The highest BCUT2D eigenvalue weighted by Gasteiger charge is 1.96. The van der Waals surface area contributed by atoms with Crippen LogP contribution < -0.4 is 5.73 Å². The monoisotopic (exact) mass is 174 g/mol. The van der Waals surface area contributed by atoms with E-state index in [1.807, 2.05) is 22.9 Å². The molecule has 2 heterocycles. The van der Waals surface area contributed by atoms with Crippen LogP contribution in [0.3, 0.4) is 0 Å². The van der Waals surface area contributed by atoms with E-state index in [0.717, 1.165) is 11.4 Å². The Balaban J connectivity index is 2.41. The van der Waals surface area contributed by atoms with Gasteiger partial charge in [0.2, 0.25) is 0 Å². The van der Waals surface area contributed by atoms with Gasteiger partial charge in [0, 0.05) is 25.1 Å². The van der Waals surface area contributed by atoms with Crippen molar-refractivity contribution in [3.05, 3.63) is 42.6 Å². The van der Waals surface area contributed by atoms with Gasteiger partial charge in [-0.15, -0.1) is 0 Å². The van der Waals surface area contributed by atoms with E-state index in [1.165, 1.54) is 0 Å². The first-order valence-electron chi connectivity index (χ1n) is 4.03. The van der Waals surface area contributed by atoms with Crippen molar-refractivity contribution in [2.75, 3.05) is 0 Å². The molecule has 0 bridgehead atoms. The zero-order valence-corrected chi connectivity index (χ0v) is 7.09.